The number of amides is 1. The van der Waals surface area contributed by atoms with Gasteiger partial charge in [0.05, 0.1) is 0 Å². The number of hydrogen-bond acceptors (Lipinski definition) is 3. The number of nitrogens with zero attached hydrogens (tertiary/aromatic N) is 1. The first kappa shape index (κ1) is 16.7. The Hall–Kier alpha value is -1.39. The predicted molar refractivity (Wildman–Crippen MR) is 83.8 cm³/mol. The van der Waals surface area contributed by atoms with Crippen LogP contribution in [0.2, 0.25) is 0 Å². The van der Waals surface area contributed by atoms with Crippen LogP contribution < -0.4 is 10.6 Å². The predicted octanol–water partition coefficient (Wildman–Crippen LogP) is 1.28. The van der Waals surface area contributed by atoms with Crippen LogP contribution in [0.3, 0.4) is 0 Å². The van der Waals surface area contributed by atoms with Crippen molar-refractivity contribution in [3.05, 3.63) is 35.9 Å². The zero-order valence-corrected chi connectivity index (χ0v) is 12.7. The van der Waals surface area contributed by atoms with Crippen LogP contribution >= 0.6 is 0 Å². The summed E-state index contributed by atoms with van der Waals surface area (Å²) < 4.78 is 0. The van der Waals surface area contributed by atoms with Crippen LogP contribution in [0, 0.1) is 0 Å². The first-order valence-electron chi connectivity index (χ1n) is 7.34. The van der Waals surface area contributed by atoms with Crippen molar-refractivity contribution in [2.24, 2.45) is 0 Å². The van der Waals surface area contributed by atoms with Crippen LogP contribution in [0.5, 0.6) is 0 Å². The van der Waals surface area contributed by atoms with Crippen LogP contribution in [0.4, 0.5) is 0 Å². The molecule has 0 aromatic heterocycles. The summed E-state index contributed by atoms with van der Waals surface area (Å²) in [6.07, 6.45) is 2.56. The second kappa shape index (κ2) is 10.4. The lowest BCUT2D eigenvalue weighted by atomic mass is 10.1. The van der Waals surface area contributed by atoms with Gasteiger partial charge in [0.15, 0.2) is 0 Å². The van der Waals surface area contributed by atoms with E-state index in [2.05, 4.69) is 27.7 Å². The lowest BCUT2D eigenvalue weighted by molar-refractivity contribution is -0.120. The molecule has 0 radical (unpaired) electrons. The summed E-state index contributed by atoms with van der Waals surface area (Å²) >= 11 is 0. The highest BCUT2D eigenvalue weighted by molar-refractivity contribution is 5.75. The Morgan fingerprint density at radius 1 is 1.10 bits per heavy atom. The third-order valence-electron chi connectivity index (χ3n) is 3.07. The molecule has 0 fully saturated rings. The molecule has 0 saturated heterocycles. The molecular formula is C16H27N3O. The summed E-state index contributed by atoms with van der Waals surface area (Å²) in [4.78, 5) is 13.7. The Morgan fingerprint density at radius 3 is 2.55 bits per heavy atom. The number of carbonyl (C=O) groups is 1. The summed E-state index contributed by atoms with van der Waals surface area (Å²) in [6, 6.07) is 10.4. The van der Waals surface area contributed by atoms with Gasteiger partial charge in [-0.05, 0) is 32.5 Å². The van der Waals surface area contributed by atoms with E-state index in [-0.39, 0.29) is 5.91 Å². The monoisotopic (exact) mass is 277 g/mol. The first-order chi connectivity index (χ1) is 9.68. The van der Waals surface area contributed by atoms with E-state index in [9.17, 15) is 4.79 Å². The van der Waals surface area contributed by atoms with Crippen molar-refractivity contribution < 1.29 is 4.79 Å². The van der Waals surface area contributed by atoms with Crippen molar-refractivity contribution in [1.29, 1.82) is 0 Å². The standard InChI is InChI=1S/C16H27N3O/c1-19(2)14-13-17-12-10-16(20)18-11-6-9-15-7-4-3-5-8-15/h3-5,7-8,17H,6,9-14H2,1-2H3,(H,18,20). The SMILES string of the molecule is CN(C)CCNCCC(=O)NCCCc1ccccc1. The summed E-state index contributed by atoms with van der Waals surface area (Å²) in [5, 5.41) is 6.22. The van der Waals surface area contributed by atoms with Crippen LogP contribution in [-0.2, 0) is 11.2 Å². The zero-order valence-electron chi connectivity index (χ0n) is 12.7. The lowest BCUT2D eigenvalue weighted by Crippen LogP contribution is -2.31. The van der Waals surface area contributed by atoms with Crippen molar-refractivity contribution in [1.82, 2.24) is 15.5 Å². The minimum Gasteiger partial charge on any atom is -0.356 e. The summed E-state index contributed by atoms with van der Waals surface area (Å²) in [7, 11) is 4.09. The number of hydrogen-bond donors (Lipinski definition) is 2. The molecule has 4 heteroatoms. The Kier molecular flexibility index (Phi) is 8.67. The number of aryl methyl sites for hydroxylation is 1. The van der Waals surface area contributed by atoms with E-state index in [0.29, 0.717) is 6.42 Å². The average Bonchev–Trinajstić information content (AvgIpc) is 2.44. The van der Waals surface area contributed by atoms with E-state index in [0.717, 1.165) is 39.0 Å². The third-order valence-corrected chi connectivity index (χ3v) is 3.07. The highest BCUT2D eigenvalue weighted by Gasteiger charge is 2.00. The summed E-state index contributed by atoms with van der Waals surface area (Å²) in [6.45, 7) is 3.43. The molecular weight excluding hydrogens is 250 g/mol. The van der Waals surface area contributed by atoms with Gasteiger partial charge in [0.1, 0.15) is 0 Å². The van der Waals surface area contributed by atoms with Gasteiger partial charge >= 0.3 is 0 Å². The zero-order chi connectivity index (χ0) is 14.6. The van der Waals surface area contributed by atoms with E-state index < -0.39 is 0 Å². The number of rotatable bonds is 10. The molecule has 0 spiro atoms. The molecule has 0 heterocycles. The smallest absolute Gasteiger partial charge is 0.221 e. The van der Waals surface area contributed by atoms with Gasteiger partial charge in [-0.25, -0.2) is 0 Å². The molecule has 2 N–H and O–H groups in total. The van der Waals surface area contributed by atoms with Gasteiger partial charge in [0.25, 0.3) is 0 Å². The van der Waals surface area contributed by atoms with Gasteiger partial charge in [-0.1, -0.05) is 30.3 Å². The molecule has 1 rings (SSSR count). The molecule has 4 nitrogen and oxygen atoms in total. The molecule has 0 saturated carbocycles. The topological polar surface area (TPSA) is 44.4 Å². The Morgan fingerprint density at radius 2 is 1.85 bits per heavy atom. The molecule has 0 aliphatic heterocycles. The van der Waals surface area contributed by atoms with Gasteiger partial charge < -0.3 is 15.5 Å². The maximum absolute atomic E-state index is 11.6. The fraction of sp³-hybridized carbons (Fsp3) is 0.562. The highest BCUT2D eigenvalue weighted by atomic mass is 16.1. The number of nitrogens with one attached hydrogen (secondary N) is 2. The van der Waals surface area contributed by atoms with E-state index >= 15 is 0 Å². The van der Waals surface area contributed by atoms with Crippen LogP contribution in [0.25, 0.3) is 0 Å². The molecule has 0 bridgehead atoms. The maximum atomic E-state index is 11.6. The molecule has 1 amide bonds. The fourth-order valence-electron chi connectivity index (χ4n) is 1.88. The van der Waals surface area contributed by atoms with Crippen molar-refractivity contribution in [3.8, 4) is 0 Å². The van der Waals surface area contributed by atoms with Gasteiger partial charge in [-0.2, -0.15) is 0 Å². The normalized spacial score (nSPS) is 10.8. The molecule has 20 heavy (non-hydrogen) atoms. The van der Waals surface area contributed by atoms with E-state index in [1.165, 1.54) is 5.56 Å². The maximum Gasteiger partial charge on any atom is 0.221 e. The first-order valence-corrected chi connectivity index (χ1v) is 7.34. The Balaban J connectivity index is 1.95. The van der Waals surface area contributed by atoms with Crippen LogP contribution in [-0.4, -0.2) is 51.1 Å². The number of carbonyl (C=O) groups excluding carboxylic acids is 1. The van der Waals surface area contributed by atoms with E-state index in [1.54, 1.807) is 0 Å². The van der Waals surface area contributed by atoms with Crippen molar-refractivity contribution >= 4 is 5.91 Å². The molecule has 0 aliphatic rings. The summed E-state index contributed by atoms with van der Waals surface area (Å²) in [5.41, 5.74) is 1.33. The second-order valence-corrected chi connectivity index (χ2v) is 5.24. The minimum absolute atomic E-state index is 0.135. The van der Waals surface area contributed by atoms with E-state index in [1.807, 2.05) is 32.3 Å². The second-order valence-electron chi connectivity index (χ2n) is 5.24. The molecule has 112 valence electrons. The largest absolute Gasteiger partial charge is 0.356 e. The van der Waals surface area contributed by atoms with Crippen molar-refractivity contribution in [2.75, 3.05) is 40.3 Å². The summed E-state index contributed by atoms with van der Waals surface area (Å²) in [5.74, 6) is 0.135. The molecule has 0 unspecified atom stereocenters. The van der Waals surface area contributed by atoms with Gasteiger partial charge in [0, 0.05) is 32.6 Å². The van der Waals surface area contributed by atoms with Crippen LogP contribution in [0.1, 0.15) is 18.4 Å². The quantitative estimate of drug-likeness (QED) is 0.633. The van der Waals surface area contributed by atoms with Gasteiger partial charge in [0.2, 0.25) is 5.91 Å². The third kappa shape index (κ3) is 8.67. The van der Waals surface area contributed by atoms with Gasteiger partial charge in [-0.3, -0.25) is 4.79 Å². The minimum atomic E-state index is 0.135. The molecule has 0 aliphatic carbocycles. The Bertz CT molecular complexity index is 365. The van der Waals surface area contributed by atoms with Gasteiger partial charge in [-0.15, -0.1) is 0 Å². The van der Waals surface area contributed by atoms with Crippen molar-refractivity contribution in [2.45, 2.75) is 19.3 Å². The van der Waals surface area contributed by atoms with Crippen LogP contribution in [0.15, 0.2) is 30.3 Å². The molecule has 1 aromatic carbocycles. The Labute approximate surface area is 122 Å². The van der Waals surface area contributed by atoms with Crippen molar-refractivity contribution in [3.63, 3.8) is 0 Å². The highest BCUT2D eigenvalue weighted by Crippen LogP contribution is 2.01. The number of benzene rings is 1. The molecule has 0 atom stereocenters. The number of likely N-dealkylation sites (N-methyl/N-ethyl adjacent to an activating group) is 1. The lowest BCUT2D eigenvalue weighted by Gasteiger charge is -2.10. The molecule has 1 aromatic rings. The fourth-order valence-corrected chi connectivity index (χ4v) is 1.88. The van der Waals surface area contributed by atoms with E-state index in [4.69, 9.17) is 0 Å². The average molecular weight is 277 g/mol.